The summed E-state index contributed by atoms with van der Waals surface area (Å²) in [6.07, 6.45) is 3.40. The van der Waals surface area contributed by atoms with Gasteiger partial charge in [-0.05, 0) is 42.3 Å². The second-order valence-electron chi connectivity index (χ2n) is 7.72. The molecular formula is C25H31FN4O2S. The first-order chi connectivity index (χ1) is 16.0. The van der Waals surface area contributed by atoms with E-state index in [0.717, 1.165) is 41.0 Å². The van der Waals surface area contributed by atoms with Gasteiger partial charge in [-0.2, -0.15) is 11.8 Å². The van der Waals surface area contributed by atoms with E-state index in [2.05, 4.69) is 9.88 Å². The van der Waals surface area contributed by atoms with Gasteiger partial charge in [0, 0.05) is 73.9 Å². The fraction of sp³-hybridized carbons (Fsp3) is 0.360. The average molecular weight is 471 g/mol. The molecule has 33 heavy (non-hydrogen) atoms. The van der Waals surface area contributed by atoms with Crippen LogP contribution in [0.5, 0.6) is 0 Å². The number of rotatable bonds is 5. The number of halogens is 1. The fourth-order valence-corrected chi connectivity index (χ4v) is 4.89. The minimum Gasteiger partial charge on any atom is -0.464 e. The predicted molar refractivity (Wildman–Crippen MR) is 133 cm³/mol. The summed E-state index contributed by atoms with van der Waals surface area (Å²) in [5.74, 6) is 1.83. The third kappa shape index (κ3) is 6.01. The number of carbonyl (C=O) groups excluding carboxylic acids is 1. The standard InChI is InChI=1S/C19H17FN2O2.C6H14N2S/c1-12-16(14-8-10-21-11-9-14)17(13-4-6-15(20)7-5-13)18(22(12)2)19(23)24-3;7-1-2-8-3-5-9-6-4-8/h4-11H,1-3H3;1-7H2. The Balaban J connectivity index is 0.000000286. The normalized spacial score (nSPS) is 13.8. The molecule has 176 valence electrons. The number of methoxy groups -OCH3 is 1. The highest BCUT2D eigenvalue weighted by atomic mass is 32.2. The maximum atomic E-state index is 13.3. The Kier molecular flexibility index (Phi) is 9.05. The van der Waals surface area contributed by atoms with Gasteiger partial charge in [0.15, 0.2) is 0 Å². The zero-order valence-electron chi connectivity index (χ0n) is 19.4. The summed E-state index contributed by atoms with van der Waals surface area (Å²) in [6.45, 7) is 6.31. The lowest BCUT2D eigenvalue weighted by Crippen LogP contribution is -2.36. The van der Waals surface area contributed by atoms with Gasteiger partial charge < -0.3 is 19.9 Å². The van der Waals surface area contributed by atoms with Crippen molar-refractivity contribution in [1.29, 1.82) is 0 Å². The van der Waals surface area contributed by atoms with E-state index in [1.165, 1.54) is 43.8 Å². The molecule has 0 amide bonds. The summed E-state index contributed by atoms with van der Waals surface area (Å²) in [5, 5.41) is 0. The zero-order chi connectivity index (χ0) is 23.8. The molecule has 1 saturated heterocycles. The Morgan fingerprint density at radius 3 is 2.27 bits per heavy atom. The zero-order valence-corrected chi connectivity index (χ0v) is 20.2. The molecule has 8 heteroatoms. The summed E-state index contributed by atoms with van der Waals surface area (Å²) in [4.78, 5) is 18.8. The van der Waals surface area contributed by atoms with Crippen LogP contribution in [0.2, 0.25) is 0 Å². The smallest absolute Gasteiger partial charge is 0.355 e. The van der Waals surface area contributed by atoms with Crippen LogP contribution >= 0.6 is 11.8 Å². The van der Waals surface area contributed by atoms with Crippen molar-refractivity contribution in [2.45, 2.75) is 6.92 Å². The molecule has 1 aliphatic heterocycles. The van der Waals surface area contributed by atoms with Gasteiger partial charge >= 0.3 is 5.97 Å². The van der Waals surface area contributed by atoms with Gasteiger partial charge in [0.1, 0.15) is 11.5 Å². The molecule has 1 aromatic carbocycles. The average Bonchev–Trinajstić information content (AvgIpc) is 3.11. The second-order valence-corrected chi connectivity index (χ2v) is 8.94. The topological polar surface area (TPSA) is 73.4 Å². The molecule has 0 atom stereocenters. The molecule has 0 bridgehead atoms. The second kappa shape index (κ2) is 12.0. The van der Waals surface area contributed by atoms with Crippen LogP contribution in [-0.4, -0.2) is 65.2 Å². The van der Waals surface area contributed by atoms with E-state index in [0.29, 0.717) is 5.69 Å². The summed E-state index contributed by atoms with van der Waals surface area (Å²) >= 11 is 2.04. The first kappa shape index (κ1) is 25.0. The number of pyridine rings is 1. The van der Waals surface area contributed by atoms with Gasteiger partial charge in [-0.1, -0.05) is 12.1 Å². The molecular weight excluding hydrogens is 439 g/mol. The van der Waals surface area contributed by atoms with Crippen LogP contribution in [0.1, 0.15) is 16.2 Å². The van der Waals surface area contributed by atoms with E-state index in [1.807, 2.05) is 37.9 Å². The molecule has 1 fully saturated rings. The number of carbonyl (C=O) groups is 1. The quantitative estimate of drug-likeness (QED) is 0.569. The minimum atomic E-state index is -0.430. The van der Waals surface area contributed by atoms with Crippen molar-refractivity contribution >= 4 is 17.7 Å². The Hall–Kier alpha value is -2.68. The highest BCUT2D eigenvalue weighted by Crippen LogP contribution is 2.39. The third-order valence-corrected chi connectivity index (χ3v) is 6.66. The van der Waals surface area contributed by atoms with Crippen LogP contribution in [0, 0.1) is 12.7 Å². The maximum absolute atomic E-state index is 13.3. The molecule has 0 unspecified atom stereocenters. The lowest BCUT2D eigenvalue weighted by molar-refractivity contribution is 0.0590. The first-order valence-corrected chi connectivity index (χ1v) is 12.1. The SMILES string of the molecule is COC(=O)c1c(-c2ccc(F)cc2)c(-c2ccncc2)c(C)n1C.NCCN1CCSCC1. The number of thioether (sulfide) groups is 1. The molecule has 2 aromatic heterocycles. The van der Waals surface area contributed by atoms with Gasteiger partial charge in [0.2, 0.25) is 0 Å². The molecule has 6 nitrogen and oxygen atoms in total. The number of hydrogen-bond donors (Lipinski definition) is 1. The van der Waals surface area contributed by atoms with Crippen molar-refractivity contribution < 1.29 is 13.9 Å². The van der Waals surface area contributed by atoms with E-state index >= 15 is 0 Å². The highest BCUT2D eigenvalue weighted by Gasteiger charge is 2.26. The van der Waals surface area contributed by atoms with Gasteiger partial charge in [-0.25, -0.2) is 9.18 Å². The first-order valence-electron chi connectivity index (χ1n) is 10.9. The molecule has 0 radical (unpaired) electrons. The number of nitrogens with two attached hydrogens (primary N) is 1. The van der Waals surface area contributed by atoms with Gasteiger partial charge in [-0.3, -0.25) is 4.98 Å². The molecule has 0 aliphatic carbocycles. The highest BCUT2D eigenvalue weighted by molar-refractivity contribution is 7.99. The Bertz CT molecular complexity index is 1050. The van der Waals surface area contributed by atoms with Crippen molar-refractivity contribution in [2.75, 3.05) is 44.8 Å². The number of hydrogen-bond acceptors (Lipinski definition) is 6. The van der Waals surface area contributed by atoms with Crippen molar-refractivity contribution in [3.05, 3.63) is 66.0 Å². The Morgan fingerprint density at radius 2 is 1.70 bits per heavy atom. The monoisotopic (exact) mass is 470 g/mol. The summed E-state index contributed by atoms with van der Waals surface area (Å²) in [5.41, 5.74) is 10.1. The van der Waals surface area contributed by atoms with E-state index in [4.69, 9.17) is 10.5 Å². The van der Waals surface area contributed by atoms with E-state index in [-0.39, 0.29) is 5.82 Å². The number of nitrogens with zero attached hydrogens (tertiary/aromatic N) is 3. The number of aromatic nitrogens is 2. The van der Waals surface area contributed by atoms with Crippen LogP contribution in [0.4, 0.5) is 4.39 Å². The number of benzene rings is 1. The van der Waals surface area contributed by atoms with E-state index < -0.39 is 5.97 Å². The largest absolute Gasteiger partial charge is 0.464 e. The van der Waals surface area contributed by atoms with Crippen LogP contribution in [0.3, 0.4) is 0 Å². The van der Waals surface area contributed by atoms with Crippen LogP contribution in [0.15, 0.2) is 48.8 Å². The molecule has 1 aliphatic rings. The lowest BCUT2D eigenvalue weighted by Gasteiger charge is -2.25. The molecule has 3 heterocycles. The van der Waals surface area contributed by atoms with Crippen molar-refractivity contribution in [3.63, 3.8) is 0 Å². The molecule has 4 rings (SSSR count). The van der Waals surface area contributed by atoms with Crippen LogP contribution in [-0.2, 0) is 11.8 Å². The van der Waals surface area contributed by atoms with Crippen LogP contribution in [0.25, 0.3) is 22.3 Å². The van der Waals surface area contributed by atoms with Crippen molar-refractivity contribution in [3.8, 4) is 22.3 Å². The Morgan fingerprint density at radius 1 is 1.09 bits per heavy atom. The van der Waals surface area contributed by atoms with Crippen LogP contribution < -0.4 is 5.73 Å². The van der Waals surface area contributed by atoms with E-state index in [1.54, 1.807) is 29.1 Å². The van der Waals surface area contributed by atoms with Crippen molar-refractivity contribution in [2.24, 2.45) is 12.8 Å². The summed E-state index contributed by atoms with van der Waals surface area (Å²) in [7, 11) is 3.17. The molecule has 2 N–H and O–H groups in total. The van der Waals surface area contributed by atoms with Gasteiger partial charge in [0.05, 0.1) is 7.11 Å². The lowest BCUT2D eigenvalue weighted by atomic mass is 9.95. The maximum Gasteiger partial charge on any atom is 0.355 e. The van der Waals surface area contributed by atoms with Crippen molar-refractivity contribution in [1.82, 2.24) is 14.5 Å². The third-order valence-electron chi connectivity index (χ3n) is 5.72. The summed E-state index contributed by atoms with van der Waals surface area (Å²) < 4.78 is 20.1. The minimum absolute atomic E-state index is 0.323. The Labute approximate surface area is 198 Å². The van der Waals surface area contributed by atoms with Gasteiger partial charge in [-0.15, -0.1) is 0 Å². The molecule has 3 aromatic rings. The van der Waals surface area contributed by atoms with E-state index in [9.17, 15) is 9.18 Å². The predicted octanol–water partition coefficient (Wildman–Crippen LogP) is 3.98. The van der Waals surface area contributed by atoms with Gasteiger partial charge in [0.25, 0.3) is 0 Å². The summed E-state index contributed by atoms with van der Waals surface area (Å²) in [6, 6.07) is 9.87. The molecule has 0 saturated carbocycles. The number of ether oxygens (including phenoxy) is 1. The fourth-order valence-electron chi connectivity index (χ4n) is 3.91. The number of esters is 1. The molecule has 0 spiro atoms.